The molecule has 2 aliphatic carbocycles. The maximum atomic E-state index is 12.4. The minimum Gasteiger partial charge on any atom is -0.335 e. The van der Waals surface area contributed by atoms with Gasteiger partial charge in [-0.2, -0.15) is 0 Å². The zero-order valence-electron chi connectivity index (χ0n) is 14.4. The van der Waals surface area contributed by atoms with Crippen molar-refractivity contribution >= 4 is 6.03 Å². The lowest BCUT2D eigenvalue weighted by molar-refractivity contribution is 0.0360. The van der Waals surface area contributed by atoms with Crippen LogP contribution in [0.25, 0.3) is 0 Å². The lowest BCUT2D eigenvalue weighted by Crippen LogP contribution is -2.58. The number of carbonyl (C=O) groups excluding carboxylic acids is 1. The van der Waals surface area contributed by atoms with E-state index in [4.69, 9.17) is 0 Å². The van der Waals surface area contributed by atoms with Crippen molar-refractivity contribution in [1.29, 1.82) is 0 Å². The van der Waals surface area contributed by atoms with Gasteiger partial charge in [-0.3, -0.25) is 0 Å². The summed E-state index contributed by atoms with van der Waals surface area (Å²) in [6, 6.07) is 1.04. The third-order valence-electron chi connectivity index (χ3n) is 5.57. The van der Waals surface area contributed by atoms with Crippen LogP contribution in [-0.2, 0) is 0 Å². The van der Waals surface area contributed by atoms with Gasteiger partial charge in [0.05, 0.1) is 0 Å². The maximum absolute atomic E-state index is 12.4. The second-order valence-corrected chi connectivity index (χ2v) is 7.41. The second-order valence-electron chi connectivity index (χ2n) is 7.41. The topological polar surface area (TPSA) is 38.8 Å². The van der Waals surface area contributed by atoms with Crippen LogP contribution in [0, 0.1) is 0 Å². The fraction of sp³-hybridized carbons (Fsp3) is 0.938. The van der Waals surface area contributed by atoms with Gasteiger partial charge in [0.1, 0.15) is 0 Å². The van der Waals surface area contributed by atoms with Crippen LogP contribution in [0.4, 0.5) is 4.79 Å². The molecule has 0 aromatic carbocycles. The van der Waals surface area contributed by atoms with Crippen LogP contribution in [0.5, 0.6) is 0 Å². The molecule has 0 aromatic heterocycles. The highest BCUT2D eigenvalue weighted by molar-refractivity contribution is 5.74. The predicted molar refractivity (Wildman–Crippen MR) is 86.5 cm³/mol. The van der Waals surface area contributed by atoms with E-state index >= 15 is 0 Å². The van der Waals surface area contributed by atoms with Crippen LogP contribution in [0.3, 0.4) is 0 Å². The largest absolute Gasteiger partial charge is 0.335 e. The summed E-state index contributed by atoms with van der Waals surface area (Å²) in [6.07, 6.45) is 7.03. The molecule has 2 rings (SSSR count). The molecular weight excluding hydrogens is 264 g/mol. The number of hydrogen-bond acceptors (Lipinski definition) is 3. The molecule has 0 bridgehead atoms. The number of rotatable bonds is 5. The van der Waals surface area contributed by atoms with Crippen LogP contribution in [0.1, 0.15) is 38.5 Å². The summed E-state index contributed by atoms with van der Waals surface area (Å²) < 4.78 is 0. The minimum absolute atomic E-state index is 0.0903. The smallest absolute Gasteiger partial charge is 0.317 e. The van der Waals surface area contributed by atoms with Crippen molar-refractivity contribution in [2.75, 3.05) is 41.8 Å². The van der Waals surface area contributed by atoms with Crippen LogP contribution in [-0.4, -0.2) is 80.1 Å². The number of likely N-dealkylation sites (N-methyl/N-ethyl adjacent to an activating group) is 2. The summed E-state index contributed by atoms with van der Waals surface area (Å²) in [6.45, 7) is 0.829. The van der Waals surface area contributed by atoms with Crippen molar-refractivity contribution in [1.82, 2.24) is 20.0 Å². The van der Waals surface area contributed by atoms with Gasteiger partial charge in [-0.15, -0.1) is 0 Å². The van der Waals surface area contributed by atoms with Gasteiger partial charge in [0.15, 0.2) is 0 Å². The molecule has 0 unspecified atom stereocenters. The van der Waals surface area contributed by atoms with Gasteiger partial charge in [-0.25, -0.2) is 4.79 Å². The van der Waals surface area contributed by atoms with Crippen molar-refractivity contribution in [3.8, 4) is 0 Å². The average Bonchev–Trinajstić information content (AvgIpc) is 2.81. The first kappa shape index (κ1) is 16.6. The highest BCUT2D eigenvalue weighted by Gasteiger charge is 2.41. The second kappa shape index (κ2) is 6.53. The quantitative estimate of drug-likeness (QED) is 0.837. The first-order valence-corrected chi connectivity index (χ1v) is 8.19. The Hall–Kier alpha value is -0.810. The van der Waals surface area contributed by atoms with Gasteiger partial charge >= 0.3 is 6.03 Å². The molecule has 0 saturated heterocycles. The van der Waals surface area contributed by atoms with E-state index in [1.807, 2.05) is 11.9 Å². The van der Waals surface area contributed by atoms with E-state index in [0.717, 1.165) is 19.4 Å². The van der Waals surface area contributed by atoms with Crippen molar-refractivity contribution < 1.29 is 4.79 Å². The number of nitrogens with zero attached hydrogens (tertiary/aromatic N) is 3. The Morgan fingerprint density at radius 2 is 1.81 bits per heavy atom. The van der Waals surface area contributed by atoms with Gasteiger partial charge < -0.3 is 20.0 Å². The van der Waals surface area contributed by atoms with E-state index in [1.165, 1.54) is 25.7 Å². The molecule has 2 amide bonds. The Morgan fingerprint density at radius 3 is 2.24 bits per heavy atom. The molecule has 21 heavy (non-hydrogen) atoms. The summed E-state index contributed by atoms with van der Waals surface area (Å²) in [7, 11) is 10.4. The zero-order chi connectivity index (χ0) is 15.6. The summed E-state index contributed by atoms with van der Waals surface area (Å²) in [5.41, 5.74) is 0.202. The van der Waals surface area contributed by atoms with E-state index in [-0.39, 0.29) is 11.6 Å². The first-order chi connectivity index (χ1) is 9.84. The molecule has 1 N–H and O–H groups in total. The number of urea groups is 1. The third kappa shape index (κ3) is 3.69. The van der Waals surface area contributed by atoms with Crippen LogP contribution < -0.4 is 5.32 Å². The fourth-order valence-electron chi connectivity index (χ4n) is 3.69. The molecule has 122 valence electrons. The number of hydrogen-bond donors (Lipinski definition) is 1. The third-order valence-corrected chi connectivity index (χ3v) is 5.57. The van der Waals surface area contributed by atoms with E-state index < -0.39 is 0 Å². The molecule has 2 aliphatic rings. The van der Waals surface area contributed by atoms with Gasteiger partial charge in [0.25, 0.3) is 0 Å². The Kier molecular flexibility index (Phi) is 5.15. The van der Waals surface area contributed by atoms with Crippen molar-refractivity contribution in [2.24, 2.45) is 0 Å². The molecule has 5 nitrogen and oxygen atoms in total. The van der Waals surface area contributed by atoms with Crippen molar-refractivity contribution in [3.63, 3.8) is 0 Å². The summed E-state index contributed by atoms with van der Waals surface area (Å²) >= 11 is 0. The molecule has 0 spiro atoms. The number of amides is 2. The van der Waals surface area contributed by atoms with Crippen LogP contribution >= 0.6 is 0 Å². The molecule has 0 aromatic rings. The summed E-state index contributed by atoms with van der Waals surface area (Å²) in [5.74, 6) is 0. The minimum atomic E-state index is 0.0903. The lowest BCUT2D eigenvalue weighted by Gasteiger charge is -2.49. The summed E-state index contributed by atoms with van der Waals surface area (Å²) in [5, 5.41) is 3.21. The highest BCUT2D eigenvalue weighted by atomic mass is 16.2. The van der Waals surface area contributed by atoms with Gasteiger partial charge in [-0.05, 0) is 66.7 Å². The Labute approximate surface area is 129 Å². The molecule has 2 saturated carbocycles. The monoisotopic (exact) mass is 296 g/mol. The number of carbonyl (C=O) groups is 1. The van der Waals surface area contributed by atoms with E-state index in [9.17, 15) is 4.79 Å². The van der Waals surface area contributed by atoms with Crippen LogP contribution in [0.2, 0.25) is 0 Å². The standard InChI is InChI=1S/C16H32N4O/c1-18(2)14-8-7-13(11-14)17-15(21)20(5)12-16(19(3)4)9-6-10-16/h13-14H,6-12H2,1-5H3,(H,17,21)/t13-,14+/m1/s1. The number of nitrogens with one attached hydrogen (secondary N) is 1. The molecule has 5 heteroatoms. The predicted octanol–water partition coefficient (Wildman–Crippen LogP) is 1.59. The lowest BCUT2D eigenvalue weighted by atomic mass is 9.75. The van der Waals surface area contributed by atoms with Gasteiger partial charge in [-0.1, -0.05) is 0 Å². The van der Waals surface area contributed by atoms with E-state index in [2.05, 4.69) is 43.3 Å². The SMILES string of the molecule is CN(CC1(N(C)C)CCC1)C(=O)N[C@@H]1CC[C@H](N(C)C)C1. The van der Waals surface area contributed by atoms with E-state index in [0.29, 0.717) is 12.1 Å². The van der Waals surface area contributed by atoms with Gasteiger partial charge in [0.2, 0.25) is 0 Å². The summed E-state index contributed by atoms with van der Waals surface area (Å²) in [4.78, 5) is 18.8. The van der Waals surface area contributed by atoms with Crippen molar-refractivity contribution in [2.45, 2.75) is 56.1 Å². The average molecular weight is 296 g/mol. The molecule has 0 heterocycles. The normalized spacial score (nSPS) is 27.8. The Bertz CT molecular complexity index is 365. The molecule has 0 aliphatic heterocycles. The van der Waals surface area contributed by atoms with Crippen molar-refractivity contribution in [3.05, 3.63) is 0 Å². The first-order valence-electron chi connectivity index (χ1n) is 8.19. The molecule has 0 radical (unpaired) electrons. The molecule has 2 fully saturated rings. The highest BCUT2D eigenvalue weighted by Crippen LogP contribution is 2.36. The van der Waals surface area contributed by atoms with Gasteiger partial charge in [0, 0.05) is 31.2 Å². The molecule has 2 atom stereocenters. The Morgan fingerprint density at radius 1 is 1.14 bits per heavy atom. The van der Waals surface area contributed by atoms with Crippen LogP contribution in [0.15, 0.2) is 0 Å². The van der Waals surface area contributed by atoms with E-state index in [1.54, 1.807) is 0 Å². The maximum Gasteiger partial charge on any atom is 0.317 e. The molecular formula is C16H32N4O. The zero-order valence-corrected chi connectivity index (χ0v) is 14.4. The fourth-order valence-corrected chi connectivity index (χ4v) is 3.69. The Balaban J connectivity index is 1.81.